The highest BCUT2D eigenvalue weighted by Crippen LogP contribution is 2.33. The summed E-state index contributed by atoms with van der Waals surface area (Å²) in [7, 11) is 0. The van der Waals surface area contributed by atoms with Gasteiger partial charge in [0.25, 0.3) is 0 Å². The van der Waals surface area contributed by atoms with E-state index in [0.717, 1.165) is 19.4 Å². The molecule has 3 atom stereocenters. The monoisotopic (exact) mass is 363 g/mol. The van der Waals surface area contributed by atoms with Crippen molar-refractivity contribution in [2.24, 2.45) is 23.0 Å². The maximum atomic E-state index is 11.9. The molecule has 4 N–H and O–H groups in total. The van der Waals surface area contributed by atoms with Crippen molar-refractivity contribution in [3.63, 3.8) is 0 Å². The SMILES string of the molecule is CC(C)[C@H](N)C(=O)NCC(=O)NCC1CCCOC1C(C)(C)C.Cl. The highest BCUT2D eigenvalue weighted by atomic mass is 35.5. The van der Waals surface area contributed by atoms with Gasteiger partial charge in [-0.3, -0.25) is 9.59 Å². The molecule has 2 amide bonds. The first-order valence-electron chi connectivity index (χ1n) is 8.54. The lowest BCUT2D eigenvalue weighted by Gasteiger charge is -2.40. The smallest absolute Gasteiger partial charge is 0.239 e. The fourth-order valence-corrected chi connectivity index (χ4v) is 2.90. The van der Waals surface area contributed by atoms with Crippen molar-refractivity contribution >= 4 is 24.2 Å². The van der Waals surface area contributed by atoms with Crippen LogP contribution in [0.4, 0.5) is 0 Å². The lowest BCUT2D eigenvalue weighted by molar-refractivity contribution is -0.128. The molecule has 6 nitrogen and oxygen atoms in total. The zero-order valence-corrected chi connectivity index (χ0v) is 16.4. The second kappa shape index (κ2) is 10.2. The van der Waals surface area contributed by atoms with E-state index in [9.17, 15) is 9.59 Å². The Balaban J connectivity index is 0.00000529. The van der Waals surface area contributed by atoms with Crippen molar-refractivity contribution in [2.75, 3.05) is 19.7 Å². The third kappa shape index (κ3) is 7.36. The van der Waals surface area contributed by atoms with Crippen LogP contribution in [0.3, 0.4) is 0 Å². The molecule has 1 rings (SSSR count). The van der Waals surface area contributed by atoms with Gasteiger partial charge in [-0.15, -0.1) is 12.4 Å². The molecule has 0 saturated carbocycles. The summed E-state index contributed by atoms with van der Waals surface area (Å²) >= 11 is 0. The maximum Gasteiger partial charge on any atom is 0.239 e. The summed E-state index contributed by atoms with van der Waals surface area (Å²) in [6.45, 7) is 11.6. The highest BCUT2D eigenvalue weighted by molar-refractivity contribution is 5.87. The van der Waals surface area contributed by atoms with Gasteiger partial charge < -0.3 is 21.1 Å². The third-order valence-corrected chi connectivity index (χ3v) is 4.30. The number of nitrogens with two attached hydrogens (primary N) is 1. The van der Waals surface area contributed by atoms with Crippen LogP contribution in [-0.2, 0) is 14.3 Å². The normalized spacial score (nSPS) is 22.5. The minimum atomic E-state index is -0.584. The second-order valence-electron chi connectivity index (χ2n) is 7.85. The molecular weight excluding hydrogens is 330 g/mol. The van der Waals surface area contributed by atoms with Crippen molar-refractivity contribution in [3.8, 4) is 0 Å². The quantitative estimate of drug-likeness (QED) is 0.666. The van der Waals surface area contributed by atoms with Gasteiger partial charge in [-0.2, -0.15) is 0 Å². The topological polar surface area (TPSA) is 93.5 Å². The molecule has 0 aromatic heterocycles. The first kappa shape index (κ1) is 23.1. The number of carbonyl (C=O) groups is 2. The standard InChI is InChI=1S/C17H33N3O3.ClH/c1-11(2)14(18)16(22)20-10-13(21)19-9-12-7-6-8-23-15(12)17(3,4)5;/h11-12,14-15H,6-10,18H2,1-5H3,(H,19,21)(H,20,22);1H/t12?,14-,15?;/m0./s1. The molecule has 1 heterocycles. The molecule has 0 spiro atoms. The molecule has 0 aromatic rings. The van der Waals surface area contributed by atoms with Gasteiger partial charge in [-0.1, -0.05) is 34.6 Å². The molecule has 7 heteroatoms. The molecule has 1 aliphatic rings. The van der Waals surface area contributed by atoms with E-state index in [1.807, 2.05) is 13.8 Å². The van der Waals surface area contributed by atoms with E-state index in [-0.39, 0.29) is 48.2 Å². The van der Waals surface area contributed by atoms with Gasteiger partial charge in [-0.05, 0) is 24.2 Å². The number of rotatable bonds is 6. The molecule has 24 heavy (non-hydrogen) atoms. The highest BCUT2D eigenvalue weighted by Gasteiger charge is 2.35. The fourth-order valence-electron chi connectivity index (χ4n) is 2.90. The van der Waals surface area contributed by atoms with E-state index in [2.05, 4.69) is 31.4 Å². The van der Waals surface area contributed by atoms with Crippen molar-refractivity contribution in [1.82, 2.24) is 10.6 Å². The van der Waals surface area contributed by atoms with E-state index >= 15 is 0 Å². The summed E-state index contributed by atoms with van der Waals surface area (Å²) in [6, 6.07) is -0.584. The van der Waals surface area contributed by atoms with Gasteiger partial charge >= 0.3 is 0 Å². The van der Waals surface area contributed by atoms with Gasteiger partial charge in [0, 0.05) is 19.1 Å². The van der Waals surface area contributed by atoms with Crippen LogP contribution in [0.5, 0.6) is 0 Å². The van der Waals surface area contributed by atoms with Crippen molar-refractivity contribution in [2.45, 2.75) is 59.6 Å². The Morgan fingerprint density at radius 3 is 2.42 bits per heavy atom. The van der Waals surface area contributed by atoms with Crippen LogP contribution in [0.15, 0.2) is 0 Å². The lowest BCUT2D eigenvalue weighted by atomic mass is 9.78. The Morgan fingerprint density at radius 2 is 1.88 bits per heavy atom. The molecule has 1 saturated heterocycles. The Labute approximate surface area is 152 Å². The van der Waals surface area contributed by atoms with Gasteiger partial charge in [0.05, 0.1) is 18.7 Å². The molecule has 0 aromatic carbocycles. The molecule has 2 unspecified atom stereocenters. The predicted octanol–water partition coefficient (Wildman–Crippen LogP) is 1.47. The third-order valence-electron chi connectivity index (χ3n) is 4.30. The summed E-state index contributed by atoms with van der Waals surface area (Å²) in [5.74, 6) is -0.123. The number of halogens is 1. The Kier molecular flexibility index (Phi) is 9.85. The van der Waals surface area contributed by atoms with Crippen LogP contribution in [0.25, 0.3) is 0 Å². The van der Waals surface area contributed by atoms with Gasteiger partial charge in [0.1, 0.15) is 0 Å². The molecule has 0 bridgehead atoms. The number of ether oxygens (including phenoxy) is 1. The molecule has 0 radical (unpaired) electrons. The van der Waals surface area contributed by atoms with Crippen LogP contribution < -0.4 is 16.4 Å². The minimum Gasteiger partial charge on any atom is -0.377 e. The van der Waals surface area contributed by atoms with Crippen LogP contribution >= 0.6 is 12.4 Å². The summed E-state index contributed by atoms with van der Waals surface area (Å²) in [5.41, 5.74) is 5.79. The lowest BCUT2D eigenvalue weighted by Crippen LogP contribution is -2.49. The van der Waals surface area contributed by atoms with E-state index in [1.165, 1.54) is 0 Å². The zero-order valence-electron chi connectivity index (χ0n) is 15.6. The van der Waals surface area contributed by atoms with E-state index < -0.39 is 6.04 Å². The summed E-state index contributed by atoms with van der Waals surface area (Å²) in [6.07, 6.45) is 2.21. The van der Waals surface area contributed by atoms with Gasteiger partial charge in [0.2, 0.25) is 11.8 Å². The molecular formula is C17H34ClN3O3. The van der Waals surface area contributed by atoms with Crippen LogP contribution in [0.2, 0.25) is 0 Å². The van der Waals surface area contributed by atoms with Gasteiger partial charge in [-0.25, -0.2) is 0 Å². The molecule has 1 aliphatic heterocycles. The summed E-state index contributed by atoms with van der Waals surface area (Å²) < 4.78 is 5.91. The van der Waals surface area contributed by atoms with E-state index in [1.54, 1.807) is 0 Å². The average molecular weight is 364 g/mol. The van der Waals surface area contributed by atoms with Crippen LogP contribution in [-0.4, -0.2) is 43.7 Å². The van der Waals surface area contributed by atoms with Crippen LogP contribution in [0, 0.1) is 17.3 Å². The Morgan fingerprint density at radius 1 is 1.25 bits per heavy atom. The van der Waals surface area contributed by atoms with Crippen LogP contribution in [0.1, 0.15) is 47.5 Å². The maximum absolute atomic E-state index is 11.9. The van der Waals surface area contributed by atoms with Crippen molar-refractivity contribution < 1.29 is 14.3 Å². The van der Waals surface area contributed by atoms with Crippen molar-refractivity contribution in [1.29, 1.82) is 0 Å². The minimum absolute atomic E-state index is 0. The number of carbonyl (C=O) groups excluding carboxylic acids is 2. The van der Waals surface area contributed by atoms with E-state index in [0.29, 0.717) is 12.5 Å². The Hall–Kier alpha value is -0.850. The average Bonchev–Trinajstić information content (AvgIpc) is 2.49. The number of hydrogen-bond acceptors (Lipinski definition) is 4. The molecule has 0 aliphatic carbocycles. The fraction of sp³-hybridized carbons (Fsp3) is 0.882. The summed E-state index contributed by atoms with van der Waals surface area (Å²) in [4.78, 5) is 23.7. The molecule has 1 fully saturated rings. The first-order chi connectivity index (χ1) is 10.6. The Bertz CT molecular complexity index is 410. The predicted molar refractivity (Wildman–Crippen MR) is 98.0 cm³/mol. The van der Waals surface area contributed by atoms with Gasteiger partial charge in [0.15, 0.2) is 0 Å². The molecule has 142 valence electrons. The summed E-state index contributed by atoms with van der Waals surface area (Å²) in [5, 5.41) is 5.49. The number of nitrogens with one attached hydrogen (secondary N) is 2. The number of amides is 2. The van der Waals surface area contributed by atoms with Crippen molar-refractivity contribution in [3.05, 3.63) is 0 Å². The largest absolute Gasteiger partial charge is 0.377 e. The first-order valence-corrected chi connectivity index (χ1v) is 8.54. The van der Waals surface area contributed by atoms with E-state index in [4.69, 9.17) is 10.5 Å². The zero-order chi connectivity index (χ0) is 17.6. The number of hydrogen-bond donors (Lipinski definition) is 3. The second-order valence-corrected chi connectivity index (χ2v) is 7.85.